The van der Waals surface area contributed by atoms with Gasteiger partial charge in [-0.1, -0.05) is 29.5 Å². The second kappa shape index (κ2) is 8.03. The molecule has 1 fully saturated rings. The SMILES string of the molecule is O=C(N[C@@H]1CCC[C@@](O)(C#Cc2cccc(Cl)c2)C1)c1nccc(F)c1F. The Hall–Kier alpha value is -2.49. The number of carbonyl (C=O) groups is 1. The van der Waals surface area contributed by atoms with Gasteiger partial charge in [0.05, 0.1) is 0 Å². The van der Waals surface area contributed by atoms with Crippen LogP contribution in [0.5, 0.6) is 0 Å². The molecule has 2 atom stereocenters. The molecule has 2 N–H and O–H groups in total. The summed E-state index contributed by atoms with van der Waals surface area (Å²) in [6, 6.07) is 7.39. The van der Waals surface area contributed by atoms with Crippen molar-refractivity contribution in [3.8, 4) is 11.8 Å². The summed E-state index contributed by atoms with van der Waals surface area (Å²) >= 11 is 5.92. The molecule has 0 bridgehead atoms. The molecule has 1 heterocycles. The fourth-order valence-electron chi connectivity index (χ4n) is 3.08. The number of pyridine rings is 1. The predicted molar refractivity (Wildman–Crippen MR) is 97.2 cm³/mol. The average Bonchev–Trinajstić information content (AvgIpc) is 2.62. The van der Waals surface area contributed by atoms with Crippen molar-refractivity contribution in [2.45, 2.75) is 37.3 Å². The molecule has 1 aromatic carbocycles. The summed E-state index contributed by atoms with van der Waals surface area (Å²) in [5, 5.41) is 13.9. The summed E-state index contributed by atoms with van der Waals surface area (Å²) in [5.74, 6) is 2.51. The van der Waals surface area contributed by atoms with Crippen LogP contribution in [0.4, 0.5) is 8.78 Å². The van der Waals surface area contributed by atoms with Gasteiger partial charge in [-0.3, -0.25) is 4.79 Å². The largest absolute Gasteiger partial charge is 0.378 e. The van der Waals surface area contributed by atoms with Gasteiger partial charge in [-0.15, -0.1) is 0 Å². The molecule has 7 heteroatoms. The van der Waals surface area contributed by atoms with E-state index in [-0.39, 0.29) is 6.42 Å². The number of amides is 1. The lowest BCUT2D eigenvalue weighted by molar-refractivity contribution is 0.0451. The zero-order valence-electron chi connectivity index (χ0n) is 14.3. The van der Waals surface area contributed by atoms with Crippen LogP contribution in [0, 0.1) is 23.5 Å². The van der Waals surface area contributed by atoms with Crippen LogP contribution in [-0.2, 0) is 0 Å². The third-order valence-electron chi connectivity index (χ3n) is 4.38. The van der Waals surface area contributed by atoms with Gasteiger partial charge in [0, 0.05) is 29.2 Å². The summed E-state index contributed by atoms with van der Waals surface area (Å²) in [7, 11) is 0. The summed E-state index contributed by atoms with van der Waals surface area (Å²) in [6.45, 7) is 0. The van der Waals surface area contributed by atoms with E-state index in [2.05, 4.69) is 22.1 Å². The number of aromatic nitrogens is 1. The highest BCUT2D eigenvalue weighted by atomic mass is 35.5. The van der Waals surface area contributed by atoms with Crippen LogP contribution in [0.25, 0.3) is 0 Å². The molecule has 0 spiro atoms. The van der Waals surface area contributed by atoms with Crippen LogP contribution in [-0.4, -0.2) is 27.6 Å². The van der Waals surface area contributed by atoms with Gasteiger partial charge in [-0.05, 0) is 43.5 Å². The second-order valence-corrected chi connectivity index (χ2v) is 6.95. The molecule has 2 aromatic rings. The van der Waals surface area contributed by atoms with E-state index in [0.717, 1.165) is 12.3 Å². The highest BCUT2D eigenvalue weighted by molar-refractivity contribution is 6.30. The molecule has 0 radical (unpaired) electrons. The number of hydrogen-bond donors (Lipinski definition) is 2. The van der Waals surface area contributed by atoms with E-state index < -0.39 is 34.9 Å². The van der Waals surface area contributed by atoms with E-state index in [1.54, 1.807) is 24.3 Å². The maximum atomic E-state index is 13.7. The minimum Gasteiger partial charge on any atom is -0.378 e. The minimum absolute atomic E-state index is 0.184. The number of nitrogens with zero attached hydrogens (tertiary/aromatic N) is 1. The molecule has 3 rings (SSSR count). The molecule has 140 valence electrons. The van der Waals surface area contributed by atoms with Crippen LogP contribution in [0.1, 0.15) is 41.7 Å². The van der Waals surface area contributed by atoms with Crippen molar-refractivity contribution in [3.05, 3.63) is 64.4 Å². The van der Waals surface area contributed by atoms with E-state index in [0.29, 0.717) is 29.8 Å². The van der Waals surface area contributed by atoms with Gasteiger partial charge < -0.3 is 10.4 Å². The van der Waals surface area contributed by atoms with E-state index in [1.165, 1.54) is 0 Å². The molecule has 0 unspecified atom stereocenters. The molecule has 1 aromatic heterocycles. The fourth-order valence-corrected chi connectivity index (χ4v) is 3.27. The maximum Gasteiger partial charge on any atom is 0.273 e. The maximum absolute atomic E-state index is 13.7. The first-order chi connectivity index (χ1) is 12.9. The smallest absolute Gasteiger partial charge is 0.273 e. The van der Waals surface area contributed by atoms with Crippen LogP contribution in [0.15, 0.2) is 36.5 Å². The molecule has 4 nitrogen and oxygen atoms in total. The summed E-state index contributed by atoms with van der Waals surface area (Å²) in [4.78, 5) is 15.8. The zero-order valence-corrected chi connectivity index (χ0v) is 15.1. The number of rotatable bonds is 2. The van der Waals surface area contributed by atoms with Crippen LogP contribution in [0.2, 0.25) is 5.02 Å². The van der Waals surface area contributed by atoms with Gasteiger partial charge in [0.2, 0.25) is 0 Å². The lowest BCUT2D eigenvalue weighted by Gasteiger charge is -2.33. The van der Waals surface area contributed by atoms with Crippen molar-refractivity contribution in [1.29, 1.82) is 0 Å². The van der Waals surface area contributed by atoms with Crippen LogP contribution < -0.4 is 5.32 Å². The Balaban J connectivity index is 1.70. The van der Waals surface area contributed by atoms with Crippen molar-refractivity contribution in [3.63, 3.8) is 0 Å². The highest BCUT2D eigenvalue weighted by Gasteiger charge is 2.34. The monoisotopic (exact) mass is 390 g/mol. The van der Waals surface area contributed by atoms with Crippen molar-refractivity contribution < 1.29 is 18.7 Å². The molecule has 27 heavy (non-hydrogen) atoms. The number of hydrogen-bond acceptors (Lipinski definition) is 3. The first-order valence-corrected chi connectivity index (χ1v) is 8.86. The molecular formula is C20H17ClF2N2O2. The van der Waals surface area contributed by atoms with Gasteiger partial charge in [0.15, 0.2) is 17.3 Å². The fraction of sp³-hybridized carbons (Fsp3) is 0.300. The molecule has 0 aliphatic heterocycles. The Kier molecular flexibility index (Phi) is 5.73. The van der Waals surface area contributed by atoms with Gasteiger partial charge in [-0.2, -0.15) is 0 Å². The molecule has 1 aliphatic rings. The number of benzene rings is 1. The van der Waals surface area contributed by atoms with Crippen LogP contribution in [0.3, 0.4) is 0 Å². The van der Waals surface area contributed by atoms with Crippen molar-refractivity contribution in [2.24, 2.45) is 0 Å². The molecule has 1 amide bonds. The zero-order chi connectivity index (χ0) is 19.4. The summed E-state index contributed by atoms with van der Waals surface area (Å²) in [6.07, 6.45) is 2.90. The third kappa shape index (κ3) is 4.82. The van der Waals surface area contributed by atoms with Gasteiger partial charge >= 0.3 is 0 Å². The summed E-state index contributed by atoms with van der Waals surface area (Å²) < 4.78 is 27.0. The lowest BCUT2D eigenvalue weighted by Crippen LogP contribution is -2.45. The first kappa shape index (κ1) is 19.3. The van der Waals surface area contributed by atoms with Gasteiger partial charge in [-0.25, -0.2) is 13.8 Å². The van der Waals surface area contributed by atoms with Crippen LogP contribution >= 0.6 is 11.6 Å². The quantitative estimate of drug-likeness (QED) is 0.772. The standard InChI is InChI=1S/C20H17ClF2N2O2/c21-14-4-1-3-13(11-14)6-9-20(27)8-2-5-15(12-20)25-19(26)18-17(23)16(22)7-10-24-18/h1,3-4,7,10-11,15,27H,2,5,8,12H2,(H,25,26)/t15-,20-/m1/s1. The van der Waals surface area contributed by atoms with Gasteiger partial charge in [0.25, 0.3) is 5.91 Å². The Morgan fingerprint density at radius 3 is 2.96 bits per heavy atom. The van der Waals surface area contributed by atoms with Crippen molar-refractivity contribution >= 4 is 17.5 Å². The topological polar surface area (TPSA) is 62.2 Å². The molecule has 1 aliphatic carbocycles. The predicted octanol–water partition coefficient (Wildman–Crippen LogP) is 3.47. The highest BCUT2D eigenvalue weighted by Crippen LogP contribution is 2.28. The lowest BCUT2D eigenvalue weighted by atomic mass is 9.82. The molecule has 0 saturated heterocycles. The van der Waals surface area contributed by atoms with E-state index >= 15 is 0 Å². The molecule has 1 saturated carbocycles. The normalized spacial score (nSPS) is 21.9. The van der Waals surface area contributed by atoms with Crippen molar-refractivity contribution in [1.82, 2.24) is 10.3 Å². The third-order valence-corrected chi connectivity index (χ3v) is 4.62. The average molecular weight is 391 g/mol. The number of aliphatic hydroxyl groups is 1. The van der Waals surface area contributed by atoms with Gasteiger partial charge in [0.1, 0.15) is 5.60 Å². The summed E-state index contributed by atoms with van der Waals surface area (Å²) in [5.41, 5.74) is -1.21. The Labute approximate surface area is 160 Å². The second-order valence-electron chi connectivity index (χ2n) is 6.51. The Bertz CT molecular complexity index is 926. The Morgan fingerprint density at radius 2 is 2.19 bits per heavy atom. The number of halogens is 3. The van der Waals surface area contributed by atoms with Crippen molar-refractivity contribution in [2.75, 3.05) is 0 Å². The van der Waals surface area contributed by atoms with E-state index in [9.17, 15) is 18.7 Å². The first-order valence-electron chi connectivity index (χ1n) is 8.48. The number of carbonyl (C=O) groups excluding carboxylic acids is 1. The Morgan fingerprint density at radius 1 is 1.37 bits per heavy atom. The number of nitrogens with one attached hydrogen (secondary N) is 1. The van der Waals surface area contributed by atoms with E-state index in [1.807, 2.05) is 0 Å². The minimum atomic E-state index is -1.29. The molecular weight excluding hydrogens is 374 g/mol. The van der Waals surface area contributed by atoms with E-state index in [4.69, 9.17) is 11.6 Å².